The van der Waals surface area contributed by atoms with E-state index in [4.69, 9.17) is 9.15 Å². The zero-order valence-corrected chi connectivity index (χ0v) is 12.0. The topological polar surface area (TPSA) is 51.5 Å². The van der Waals surface area contributed by atoms with Crippen LogP contribution in [0.3, 0.4) is 0 Å². The summed E-state index contributed by atoms with van der Waals surface area (Å²) in [5.74, 6) is 1.19. The molecule has 0 unspecified atom stereocenters. The predicted octanol–water partition coefficient (Wildman–Crippen LogP) is 3.30. The van der Waals surface area contributed by atoms with Crippen molar-refractivity contribution in [3.05, 3.63) is 52.9 Å². The zero-order valence-electron chi connectivity index (χ0n) is 10.4. The van der Waals surface area contributed by atoms with E-state index in [-0.39, 0.29) is 18.6 Å². The molecular formula is C14H14BrNO3. The van der Waals surface area contributed by atoms with Crippen LogP contribution >= 0.6 is 15.9 Å². The average Bonchev–Trinajstić information content (AvgIpc) is 2.92. The number of furan rings is 1. The lowest BCUT2D eigenvalue weighted by molar-refractivity contribution is -0.123. The van der Waals surface area contributed by atoms with Crippen LogP contribution in [-0.4, -0.2) is 12.5 Å². The number of amides is 1. The number of rotatable bonds is 5. The summed E-state index contributed by atoms with van der Waals surface area (Å²) in [6.07, 6.45) is 1.58. The lowest BCUT2D eigenvalue weighted by Gasteiger charge is -2.12. The maximum absolute atomic E-state index is 11.7. The molecular weight excluding hydrogens is 310 g/mol. The van der Waals surface area contributed by atoms with Crippen LogP contribution in [0.4, 0.5) is 0 Å². The molecule has 0 saturated carbocycles. The number of halogens is 1. The summed E-state index contributed by atoms with van der Waals surface area (Å²) in [6, 6.07) is 10.8. The molecule has 1 heterocycles. The van der Waals surface area contributed by atoms with Gasteiger partial charge in [0.15, 0.2) is 6.61 Å². The summed E-state index contributed by atoms with van der Waals surface area (Å²) in [4.78, 5) is 11.7. The number of hydrogen-bond donors (Lipinski definition) is 1. The number of nitrogens with one attached hydrogen (secondary N) is 1. The molecule has 0 radical (unpaired) electrons. The van der Waals surface area contributed by atoms with Crippen molar-refractivity contribution in [3.63, 3.8) is 0 Å². The van der Waals surface area contributed by atoms with Gasteiger partial charge in [0.1, 0.15) is 11.5 Å². The third-order valence-electron chi connectivity index (χ3n) is 2.53. The third-order valence-corrected chi connectivity index (χ3v) is 3.06. The van der Waals surface area contributed by atoms with E-state index in [1.54, 1.807) is 24.5 Å². The molecule has 0 aliphatic rings. The zero-order chi connectivity index (χ0) is 13.7. The Kier molecular flexibility index (Phi) is 4.63. The first-order valence-corrected chi connectivity index (χ1v) is 6.65. The molecule has 100 valence electrons. The van der Waals surface area contributed by atoms with E-state index in [0.717, 1.165) is 10.2 Å². The minimum atomic E-state index is -0.188. The minimum Gasteiger partial charge on any atom is -0.484 e. The van der Waals surface area contributed by atoms with E-state index in [2.05, 4.69) is 21.2 Å². The Bertz CT molecular complexity index is 522. The first-order chi connectivity index (χ1) is 9.15. The normalized spacial score (nSPS) is 11.9. The molecule has 0 aliphatic heterocycles. The fraction of sp³-hybridized carbons (Fsp3) is 0.214. The fourth-order valence-electron chi connectivity index (χ4n) is 1.57. The fourth-order valence-corrected chi connectivity index (χ4v) is 1.84. The van der Waals surface area contributed by atoms with Crippen molar-refractivity contribution in [1.82, 2.24) is 5.32 Å². The van der Waals surface area contributed by atoms with Crippen molar-refractivity contribution in [2.75, 3.05) is 6.61 Å². The smallest absolute Gasteiger partial charge is 0.258 e. The summed E-state index contributed by atoms with van der Waals surface area (Å²) in [5.41, 5.74) is 0. The lowest BCUT2D eigenvalue weighted by Crippen LogP contribution is -2.31. The monoisotopic (exact) mass is 323 g/mol. The van der Waals surface area contributed by atoms with Crippen LogP contribution in [0.1, 0.15) is 18.7 Å². The van der Waals surface area contributed by atoms with Gasteiger partial charge in [-0.1, -0.05) is 15.9 Å². The van der Waals surface area contributed by atoms with Crippen LogP contribution in [0.15, 0.2) is 51.6 Å². The summed E-state index contributed by atoms with van der Waals surface area (Å²) in [6.45, 7) is 1.84. The van der Waals surface area contributed by atoms with Crippen LogP contribution in [0.2, 0.25) is 0 Å². The highest BCUT2D eigenvalue weighted by Crippen LogP contribution is 2.16. The van der Waals surface area contributed by atoms with Gasteiger partial charge in [0.2, 0.25) is 0 Å². The van der Waals surface area contributed by atoms with Crippen LogP contribution in [-0.2, 0) is 4.79 Å². The Morgan fingerprint density at radius 3 is 2.74 bits per heavy atom. The first-order valence-electron chi connectivity index (χ1n) is 5.86. The predicted molar refractivity (Wildman–Crippen MR) is 74.9 cm³/mol. The lowest BCUT2D eigenvalue weighted by atomic mass is 10.2. The molecule has 0 spiro atoms. The molecule has 1 aromatic carbocycles. The van der Waals surface area contributed by atoms with Crippen molar-refractivity contribution in [2.45, 2.75) is 13.0 Å². The molecule has 4 nitrogen and oxygen atoms in total. The van der Waals surface area contributed by atoms with Crippen molar-refractivity contribution >= 4 is 21.8 Å². The van der Waals surface area contributed by atoms with Crippen LogP contribution in [0.25, 0.3) is 0 Å². The molecule has 2 aromatic rings. The Morgan fingerprint density at radius 1 is 1.37 bits per heavy atom. The van der Waals surface area contributed by atoms with Gasteiger partial charge >= 0.3 is 0 Å². The maximum Gasteiger partial charge on any atom is 0.258 e. The molecule has 1 atom stereocenters. The van der Waals surface area contributed by atoms with Crippen LogP contribution < -0.4 is 10.1 Å². The summed E-state index contributed by atoms with van der Waals surface area (Å²) >= 11 is 3.33. The van der Waals surface area contributed by atoms with Crippen LogP contribution in [0.5, 0.6) is 5.75 Å². The van der Waals surface area contributed by atoms with Gasteiger partial charge in [-0.3, -0.25) is 4.79 Å². The highest BCUT2D eigenvalue weighted by Gasteiger charge is 2.11. The second kappa shape index (κ2) is 6.43. The van der Waals surface area contributed by atoms with Gasteiger partial charge in [0.05, 0.1) is 12.3 Å². The first kappa shape index (κ1) is 13.7. The molecule has 0 bridgehead atoms. The largest absolute Gasteiger partial charge is 0.484 e. The molecule has 19 heavy (non-hydrogen) atoms. The average molecular weight is 324 g/mol. The highest BCUT2D eigenvalue weighted by atomic mass is 79.9. The Labute approximate surface area is 119 Å². The molecule has 2 rings (SSSR count). The van der Waals surface area contributed by atoms with Crippen LogP contribution in [0, 0.1) is 0 Å². The van der Waals surface area contributed by atoms with E-state index in [0.29, 0.717) is 5.75 Å². The molecule has 1 aromatic heterocycles. The van der Waals surface area contributed by atoms with Gasteiger partial charge in [0.25, 0.3) is 5.91 Å². The van der Waals surface area contributed by atoms with E-state index in [9.17, 15) is 4.79 Å². The highest BCUT2D eigenvalue weighted by molar-refractivity contribution is 9.10. The Hall–Kier alpha value is -1.75. The van der Waals surface area contributed by atoms with E-state index >= 15 is 0 Å². The molecule has 0 fully saturated rings. The van der Waals surface area contributed by atoms with E-state index in [1.165, 1.54) is 0 Å². The number of ether oxygens (including phenoxy) is 1. The second-order valence-electron chi connectivity index (χ2n) is 4.05. The van der Waals surface area contributed by atoms with Crippen molar-refractivity contribution in [2.24, 2.45) is 0 Å². The maximum atomic E-state index is 11.7. The van der Waals surface area contributed by atoms with Crippen molar-refractivity contribution in [1.29, 1.82) is 0 Å². The Balaban J connectivity index is 1.80. The molecule has 1 amide bonds. The third kappa shape index (κ3) is 4.13. The molecule has 5 heteroatoms. The van der Waals surface area contributed by atoms with Crippen molar-refractivity contribution < 1.29 is 13.9 Å². The number of hydrogen-bond acceptors (Lipinski definition) is 3. The quantitative estimate of drug-likeness (QED) is 0.918. The Morgan fingerprint density at radius 2 is 2.11 bits per heavy atom. The van der Waals surface area contributed by atoms with E-state index < -0.39 is 0 Å². The number of carbonyl (C=O) groups is 1. The standard InChI is InChI=1S/C14H14BrNO3/c1-10(13-3-2-8-18-13)16-14(17)9-19-12-6-4-11(15)5-7-12/h2-8,10H,9H2,1H3,(H,16,17)/t10-/m0/s1. The number of benzene rings is 1. The minimum absolute atomic E-state index is 0.0211. The van der Waals surface area contributed by atoms with Gasteiger partial charge < -0.3 is 14.5 Å². The van der Waals surface area contributed by atoms with Crippen molar-refractivity contribution in [3.8, 4) is 5.75 Å². The van der Waals surface area contributed by atoms with Gasteiger partial charge in [-0.25, -0.2) is 0 Å². The van der Waals surface area contributed by atoms with Gasteiger partial charge in [0, 0.05) is 4.47 Å². The summed E-state index contributed by atoms with van der Waals surface area (Å²) in [5, 5.41) is 2.80. The summed E-state index contributed by atoms with van der Waals surface area (Å²) < 4.78 is 11.6. The van der Waals surface area contributed by atoms with Gasteiger partial charge in [-0.2, -0.15) is 0 Å². The summed E-state index contributed by atoms with van der Waals surface area (Å²) in [7, 11) is 0. The molecule has 1 N–H and O–H groups in total. The second-order valence-corrected chi connectivity index (χ2v) is 4.96. The van der Waals surface area contributed by atoms with Gasteiger partial charge in [-0.15, -0.1) is 0 Å². The van der Waals surface area contributed by atoms with E-state index in [1.807, 2.05) is 25.1 Å². The molecule has 0 saturated heterocycles. The number of carbonyl (C=O) groups excluding carboxylic acids is 1. The SMILES string of the molecule is C[C@H](NC(=O)COc1ccc(Br)cc1)c1ccco1. The molecule has 0 aliphatic carbocycles. The van der Waals surface area contributed by atoms with Gasteiger partial charge in [-0.05, 0) is 43.3 Å².